The fourth-order valence-electron chi connectivity index (χ4n) is 2.26. The lowest BCUT2D eigenvalue weighted by Crippen LogP contribution is -2.38. The molecule has 3 aromatic rings. The number of para-hydroxylation sites is 1. The maximum Gasteiger partial charge on any atom is 0.429 e. The molecule has 0 aliphatic heterocycles. The molecule has 0 unspecified atom stereocenters. The molecule has 5 nitrogen and oxygen atoms in total. The molecule has 0 atom stereocenters. The van der Waals surface area contributed by atoms with Gasteiger partial charge in [0.05, 0.1) is 5.39 Å². The lowest BCUT2D eigenvalue weighted by Gasteiger charge is -2.05. The van der Waals surface area contributed by atoms with Crippen molar-refractivity contribution < 1.29 is 9.21 Å². The van der Waals surface area contributed by atoms with Crippen molar-refractivity contribution in [2.75, 3.05) is 0 Å². The number of rotatable bonds is 2. The highest BCUT2D eigenvalue weighted by atomic mass is 16.4. The lowest BCUT2D eigenvalue weighted by atomic mass is 10.1. The van der Waals surface area contributed by atoms with E-state index in [-0.39, 0.29) is 16.5 Å². The highest BCUT2D eigenvalue weighted by Crippen LogP contribution is 2.08. The average molecular weight is 295 g/mol. The van der Waals surface area contributed by atoms with E-state index in [0.29, 0.717) is 4.57 Å². The quantitative estimate of drug-likeness (QED) is 0.727. The third-order valence-electron chi connectivity index (χ3n) is 3.51. The second-order valence-corrected chi connectivity index (χ2v) is 4.86. The molecule has 0 N–H and O–H groups in total. The highest BCUT2D eigenvalue weighted by molar-refractivity contribution is 5.96. The molecule has 3 rings (SSSR count). The molecular weight excluding hydrogens is 282 g/mol. The van der Waals surface area contributed by atoms with Crippen molar-refractivity contribution in [3.8, 4) is 0 Å². The van der Waals surface area contributed by atoms with Crippen LogP contribution in [0.1, 0.15) is 22.8 Å². The summed E-state index contributed by atoms with van der Waals surface area (Å²) in [6, 6.07) is 13.1. The van der Waals surface area contributed by atoms with Gasteiger partial charge in [-0.2, -0.15) is 4.57 Å². The standard InChI is InChI=1S/C17H13NO4/c1-2-11-7-9-12(10-8-11)15(19)18-16(20)13-5-3-4-6-14(13)22-17(18)21/h3-10H,2H2,1H3. The number of aryl methyl sites for hydroxylation is 1. The molecule has 2 aromatic carbocycles. The van der Waals surface area contributed by atoms with Crippen LogP contribution in [0.3, 0.4) is 0 Å². The maximum absolute atomic E-state index is 12.4. The van der Waals surface area contributed by atoms with Crippen LogP contribution in [0.25, 0.3) is 11.0 Å². The van der Waals surface area contributed by atoms with Crippen molar-refractivity contribution >= 4 is 16.9 Å². The highest BCUT2D eigenvalue weighted by Gasteiger charge is 2.17. The molecule has 22 heavy (non-hydrogen) atoms. The van der Waals surface area contributed by atoms with E-state index in [4.69, 9.17) is 4.42 Å². The van der Waals surface area contributed by atoms with E-state index in [1.807, 2.05) is 6.92 Å². The first-order chi connectivity index (χ1) is 10.6. The molecule has 1 aromatic heterocycles. The van der Waals surface area contributed by atoms with Gasteiger partial charge in [0.15, 0.2) is 0 Å². The Morgan fingerprint density at radius 3 is 2.41 bits per heavy atom. The predicted molar refractivity (Wildman–Crippen MR) is 82.3 cm³/mol. The van der Waals surface area contributed by atoms with Gasteiger partial charge in [0, 0.05) is 5.56 Å². The summed E-state index contributed by atoms with van der Waals surface area (Å²) >= 11 is 0. The number of hydrogen-bond acceptors (Lipinski definition) is 4. The van der Waals surface area contributed by atoms with Crippen molar-refractivity contribution in [3.63, 3.8) is 0 Å². The van der Waals surface area contributed by atoms with Gasteiger partial charge >= 0.3 is 5.76 Å². The van der Waals surface area contributed by atoms with Crippen LogP contribution >= 0.6 is 0 Å². The molecule has 0 spiro atoms. The van der Waals surface area contributed by atoms with Crippen molar-refractivity contribution in [2.24, 2.45) is 0 Å². The monoisotopic (exact) mass is 295 g/mol. The zero-order chi connectivity index (χ0) is 15.7. The van der Waals surface area contributed by atoms with Crippen LogP contribution in [-0.2, 0) is 6.42 Å². The Morgan fingerprint density at radius 2 is 1.73 bits per heavy atom. The first-order valence-corrected chi connectivity index (χ1v) is 6.90. The second kappa shape index (κ2) is 5.44. The summed E-state index contributed by atoms with van der Waals surface area (Å²) in [5.74, 6) is -1.67. The van der Waals surface area contributed by atoms with Crippen LogP contribution in [0.4, 0.5) is 0 Å². The molecule has 0 saturated carbocycles. The molecule has 0 fully saturated rings. The van der Waals surface area contributed by atoms with Gasteiger partial charge in [-0.3, -0.25) is 9.59 Å². The summed E-state index contributed by atoms with van der Waals surface area (Å²) in [4.78, 5) is 36.8. The molecule has 0 bridgehead atoms. The number of carbonyl (C=O) groups is 1. The minimum absolute atomic E-state index is 0.169. The SMILES string of the molecule is CCc1ccc(C(=O)n2c(=O)oc3ccccc3c2=O)cc1. The predicted octanol–water partition coefficient (Wildman–Crippen LogP) is 2.21. The lowest BCUT2D eigenvalue weighted by molar-refractivity contribution is 0.0943. The van der Waals surface area contributed by atoms with Gasteiger partial charge in [-0.05, 0) is 36.2 Å². The van der Waals surface area contributed by atoms with Crippen molar-refractivity contribution in [1.29, 1.82) is 0 Å². The summed E-state index contributed by atoms with van der Waals surface area (Å²) in [5, 5.41) is 0.195. The zero-order valence-corrected chi connectivity index (χ0v) is 11.9. The van der Waals surface area contributed by atoms with Crippen LogP contribution in [0.15, 0.2) is 62.5 Å². The summed E-state index contributed by atoms with van der Waals surface area (Å²) in [6.45, 7) is 2.00. The van der Waals surface area contributed by atoms with E-state index in [1.165, 1.54) is 12.1 Å². The summed E-state index contributed by atoms with van der Waals surface area (Å²) in [5.41, 5.74) is 0.829. The molecule has 0 saturated heterocycles. The molecular formula is C17H13NO4. The number of carbonyl (C=O) groups excluding carboxylic acids is 1. The summed E-state index contributed by atoms with van der Waals surface area (Å²) in [6.07, 6.45) is 0.840. The van der Waals surface area contributed by atoms with Gasteiger partial charge in [-0.25, -0.2) is 4.79 Å². The van der Waals surface area contributed by atoms with Crippen LogP contribution in [-0.4, -0.2) is 10.5 Å². The maximum atomic E-state index is 12.4. The van der Waals surface area contributed by atoms with Gasteiger partial charge < -0.3 is 4.42 Å². The van der Waals surface area contributed by atoms with E-state index in [9.17, 15) is 14.4 Å². The molecule has 0 aliphatic carbocycles. The van der Waals surface area contributed by atoms with Crippen molar-refractivity contribution in [2.45, 2.75) is 13.3 Å². The number of nitrogens with zero attached hydrogens (tertiary/aromatic N) is 1. The van der Waals surface area contributed by atoms with Crippen molar-refractivity contribution in [1.82, 2.24) is 4.57 Å². The smallest absolute Gasteiger partial charge is 0.409 e. The van der Waals surface area contributed by atoms with Gasteiger partial charge in [0.2, 0.25) is 0 Å². The average Bonchev–Trinajstić information content (AvgIpc) is 2.55. The second-order valence-electron chi connectivity index (χ2n) is 4.86. The Bertz CT molecular complexity index is 964. The fourth-order valence-corrected chi connectivity index (χ4v) is 2.26. The number of fused-ring (bicyclic) bond motifs is 1. The van der Waals surface area contributed by atoms with Gasteiger partial charge in [0.1, 0.15) is 5.58 Å². The molecule has 1 heterocycles. The zero-order valence-electron chi connectivity index (χ0n) is 11.9. The first-order valence-electron chi connectivity index (χ1n) is 6.90. The first kappa shape index (κ1) is 14.0. The number of benzene rings is 2. The molecule has 110 valence electrons. The third kappa shape index (κ3) is 2.26. The van der Waals surface area contributed by atoms with E-state index >= 15 is 0 Å². The Labute approximate surface area is 125 Å². The Hall–Kier alpha value is -2.95. The van der Waals surface area contributed by atoms with E-state index in [1.54, 1.807) is 36.4 Å². The normalized spacial score (nSPS) is 10.8. The molecule has 0 radical (unpaired) electrons. The van der Waals surface area contributed by atoms with Crippen LogP contribution in [0, 0.1) is 0 Å². The topological polar surface area (TPSA) is 69.3 Å². The van der Waals surface area contributed by atoms with Crippen LogP contribution in [0.2, 0.25) is 0 Å². The fraction of sp³-hybridized carbons (Fsp3) is 0.118. The van der Waals surface area contributed by atoms with E-state index < -0.39 is 17.2 Å². The molecule has 0 aliphatic rings. The minimum Gasteiger partial charge on any atom is -0.409 e. The Morgan fingerprint density at radius 1 is 1.05 bits per heavy atom. The van der Waals surface area contributed by atoms with E-state index in [2.05, 4.69) is 0 Å². The Balaban J connectivity index is 2.18. The number of aromatic nitrogens is 1. The summed E-state index contributed by atoms with van der Waals surface area (Å²) in [7, 11) is 0. The van der Waals surface area contributed by atoms with E-state index in [0.717, 1.165) is 12.0 Å². The van der Waals surface area contributed by atoms with Crippen LogP contribution in [0.5, 0.6) is 0 Å². The Kier molecular flexibility index (Phi) is 3.47. The molecule has 0 amide bonds. The van der Waals surface area contributed by atoms with Crippen molar-refractivity contribution in [3.05, 3.63) is 80.6 Å². The van der Waals surface area contributed by atoms with Gasteiger partial charge in [0.25, 0.3) is 11.5 Å². The summed E-state index contributed by atoms with van der Waals surface area (Å²) < 4.78 is 5.58. The minimum atomic E-state index is -0.978. The van der Waals surface area contributed by atoms with Gasteiger partial charge in [-0.1, -0.05) is 31.2 Å². The van der Waals surface area contributed by atoms with Crippen LogP contribution < -0.4 is 11.3 Å². The number of hydrogen-bond donors (Lipinski definition) is 0. The molecule has 5 heteroatoms. The third-order valence-corrected chi connectivity index (χ3v) is 3.51. The van der Waals surface area contributed by atoms with Gasteiger partial charge in [-0.15, -0.1) is 0 Å². The largest absolute Gasteiger partial charge is 0.429 e.